The fourth-order valence-corrected chi connectivity index (χ4v) is 7.62. The Morgan fingerprint density at radius 1 is 0.383 bits per heavy atom. The molecule has 0 bridgehead atoms. The van der Waals surface area contributed by atoms with E-state index >= 15 is 0 Å². The minimum absolute atomic E-state index is 0.500. The van der Waals surface area contributed by atoms with Crippen LogP contribution in [-0.4, -0.2) is 17.6 Å². The maximum Gasteiger partial charge on any atom is 0.105 e. The molecule has 1 atom stereocenters. The van der Waals surface area contributed by atoms with Crippen LogP contribution in [0.5, 0.6) is 0 Å². The van der Waals surface area contributed by atoms with E-state index in [1.54, 1.807) is 0 Å². The quantitative estimate of drug-likeness (QED) is 0.0675. The van der Waals surface area contributed by atoms with Gasteiger partial charge in [-0.05, 0) is 31.4 Å². The topological polar surface area (TPSA) is 6.48 Å². The van der Waals surface area contributed by atoms with Crippen molar-refractivity contribution in [3.8, 4) is 0 Å². The number of nitrogens with zero attached hydrogens (tertiary/aromatic N) is 2. The molecule has 0 aliphatic carbocycles. The second-order valence-corrected chi connectivity index (χ2v) is 15.2. The lowest BCUT2D eigenvalue weighted by atomic mass is 10.0. The number of anilines is 1. The molecule has 0 fully saturated rings. The minimum atomic E-state index is 0.500. The Hall–Kier alpha value is -1.44. The molecule has 1 aromatic carbocycles. The smallest absolute Gasteiger partial charge is 0.105 e. The van der Waals surface area contributed by atoms with Gasteiger partial charge >= 0.3 is 0 Å². The molecule has 2 heteroatoms. The van der Waals surface area contributed by atoms with Gasteiger partial charge in [0.2, 0.25) is 0 Å². The van der Waals surface area contributed by atoms with E-state index in [4.69, 9.17) is 0 Å². The number of rotatable bonds is 35. The zero-order chi connectivity index (χ0) is 33.3. The Morgan fingerprint density at radius 3 is 1.11 bits per heavy atom. The van der Waals surface area contributed by atoms with E-state index in [2.05, 4.69) is 66.4 Å². The van der Waals surface area contributed by atoms with Crippen LogP contribution < -0.4 is 4.90 Å². The van der Waals surface area contributed by atoms with Crippen molar-refractivity contribution in [1.82, 2.24) is 4.90 Å². The number of para-hydroxylation sites is 1. The molecule has 47 heavy (non-hydrogen) atoms. The average molecular weight is 651 g/mol. The second-order valence-electron chi connectivity index (χ2n) is 15.2. The maximum atomic E-state index is 2.65. The zero-order valence-corrected chi connectivity index (χ0v) is 32.1. The highest BCUT2D eigenvalue weighted by Crippen LogP contribution is 2.28. The molecule has 1 aliphatic heterocycles. The van der Waals surface area contributed by atoms with Crippen LogP contribution in [0.1, 0.15) is 226 Å². The summed E-state index contributed by atoms with van der Waals surface area (Å²) in [6, 6.07) is 11.1. The van der Waals surface area contributed by atoms with Crippen molar-refractivity contribution in [3.63, 3.8) is 0 Å². The van der Waals surface area contributed by atoms with Gasteiger partial charge in [-0.1, -0.05) is 225 Å². The molecule has 0 aromatic heterocycles. The predicted octanol–water partition coefficient (Wildman–Crippen LogP) is 15.5. The molecule has 0 N–H and O–H groups in total. The first-order chi connectivity index (χ1) is 23.4. The van der Waals surface area contributed by atoms with Gasteiger partial charge in [0.05, 0.1) is 0 Å². The van der Waals surface area contributed by atoms with Crippen LogP contribution in [0.15, 0.2) is 42.7 Å². The highest BCUT2D eigenvalue weighted by molar-refractivity contribution is 5.51. The molecule has 272 valence electrons. The Labute approximate surface area is 295 Å². The monoisotopic (exact) mass is 651 g/mol. The Bertz CT molecular complexity index is 788. The van der Waals surface area contributed by atoms with Crippen LogP contribution >= 0.6 is 0 Å². The third-order valence-corrected chi connectivity index (χ3v) is 10.8. The van der Waals surface area contributed by atoms with Crippen molar-refractivity contribution >= 4 is 5.69 Å². The largest absolute Gasteiger partial charge is 0.356 e. The highest BCUT2D eigenvalue weighted by atomic mass is 15.4. The van der Waals surface area contributed by atoms with Gasteiger partial charge in [0.15, 0.2) is 0 Å². The molecule has 1 heterocycles. The lowest BCUT2D eigenvalue weighted by Crippen LogP contribution is -2.39. The van der Waals surface area contributed by atoms with Gasteiger partial charge in [-0.3, -0.25) is 0 Å². The molecule has 1 unspecified atom stereocenters. The van der Waals surface area contributed by atoms with E-state index in [1.165, 1.54) is 224 Å². The Kier molecular flexibility index (Phi) is 28.2. The van der Waals surface area contributed by atoms with E-state index in [0.29, 0.717) is 6.17 Å². The number of unbranched alkanes of at least 4 members (excludes halogenated alkanes) is 30. The first-order valence-corrected chi connectivity index (χ1v) is 21.6. The summed E-state index contributed by atoms with van der Waals surface area (Å²) in [5, 5.41) is 0. The molecule has 1 aliphatic rings. The summed E-state index contributed by atoms with van der Waals surface area (Å²) >= 11 is 0. The van der Waals surface area contributed by atoms with E-state index in [9.17, 15) is 0 Å². The molecule has 0 radical (unpaired) electrons. The van der Waals surface area contributed by atoms with E-state index in [0.717, 1.165) is 0 Å². The summed E-state index contributed by atoms with van der Waals surface area (Å²) < 4.78 is 0. The highest BCUT2D eigenvalue weighted by Gasteiger charge is 2.26. The lowest BCUT2D eigenvalue weighted by Gasteiger charge is -2.33. The van der Waals surface area contributed by atoms with Gasteiger partial charge in [0.25, 0.3) is 0 Å². The van der Waals surface area contributed by atoms with Crippen molar-refractivity contribution in [1.29, 1.82) is 0 Å². The molecule has 1 aromatic rings. The van der Waals surface area contributed by atoms with Crippen LogP contribution in [0.2, 0.25) is 0 Å². The SMILES string of the molecule is CCCCCCCCCCCCCCCCCCCN1C=CN(c2ccccc2)C1CCCCCCCCCCCCCCCCC. The van der Waals surface area contributed by atoms with Crippen molar-refractivity contribution in [2.24, 2.45) is 0 Å². The third-order valence-electron chi connectivity index (χ3n) is 10.8. The van der Waals surface area contributed by atoms with Crippen molar-refractivity contribution in [3.05, 3.63) is 42.7 Å². The summed E-state index contributed by atoms with van der Waals surface area (Å²) in [7, 11) is 0. The van der Waals surface area contributed by atoms with Gasteiger partial charge < -0.3 is 9.80 Å². The van der Waals surface area contributed by atoms with Gasteiger partial charge in [-0.2, -0.15) is 0 Å². The Balaban J connectivity index is 1.48. The summed E-state index contributed by atoms with van der Waals surface area (Å²) in [6.45, 7) is 5.83. The van der Waals surface area contributed by atoms with Gasteiger partial charge in [0.1, 0.15) is 6.17 Å². The molecule has 0 amide bonds. The first kappa shape index (κ1) is 41.7. The van der Waals surface area contributed by atoms with E-state index in [-0.39, 0.29) is 0 Å². The molecule has 2 rings (SSSR count). The molecule has 0 saturated carbocycles. The minimum Gasteiger partial charge on any atom is -0.356 e. The number of hydrogen-bond acceptors (Lipinski definition) is 2. The van der Waals surface area contributed by atoms with Crippen molar-refractivity contribution < 1.29 is 0 Å². The normalized spacial score (nSPS) is 14.6. The summed E-state index contributed by atoms with van der Waals surface area (Å²) in [6.07, 6.45) is 52.6. The summed E-state index contributed by atoms with van der Waals surface area (Å²) in [4.78, 5) is 5.19. The molecule has 2 nitrogen and oxygen atoms in total. The molecule has 0 saturated heterocycles. The first-order valence-electron chi connectivity index (χ1n) is 21.6. The average Bonchev–Trinajstić information content (AvgIpc) is 3.50. The van der Waals surface area contributed by atoms with Crippen LogP contribution in [-0.2, 0) is 0 Å². The van der Waals surface area contributed by atoms with Crippen LogP contribution in [0, 0.1) is 0 Å². The van der Waals surface area contributed by atoms with Crippen LogP contribution in [0.3, 0.4) is 0 Å². The van der Waals surface area contributed by atoms with E-state index in [1.807, 2.05) is 0 Å². The van der Waals surface area contributed by atoms with E-state index < -0.39 is 0 Å². The Morgan fingerprint density at radius 2 is 0.723 bits per heavy atom. The maximum absolute atomic E-state index is 2.65. The van der Waals surface area contributed by atoms with Crippen LogP contribution in [0.4, 0.5) is 5.69 Å². The number of hydrogen-bond donors (Lipinski definition) is 0. The molecule has 0 spiro atoms. The van der Waals surface area contributed by atoms with Crippen molar-refractivity contribution in [2.75, 3.05) is 11.4 Å². The zero-order valence-electron chi connectivity index (χ0n) is 32.1. The van der Waals surface area contributed by atoms with Gasteiger partial charge in [-0.15, -0.1) is 0 Å². The lowest BCUT2D eigenvalue weighted by molar-refractivity contribution is 0.273. The number of benzene rings is 1. The predicted molar refractivity (Wildman–Crippen MR) is 212 cm³/mol. The van der Waals surface area contributed by atoms with Crippen molar-refractivity contribution in [2.45, 2.75) is 232 Å². The summed E-state index contributed by atoms with van der Waals surface area (Å²) in [5.74, 6) is 0. The van der Waals surface area contributed by atoms with Gasteiger partial charge in [0, 0.05) is 24.6 Å². The van der Waals surface area contributed by atoms with Crippen LogP contribution in [0.25, 0.3) is 0 Å². The summed E-state index contributed by atoms with van der Waals surface area (Å²) in [5.41, 5.74) is 1.35. The fourth-order valence-electron chi connectivity index (χ4n) is 7.62. The van der Waals surface area contributed by atoms with Gasteiger partial charge in [-0.25, -0.2) is 0 Å². The fraction of sp³-hybridized carbons (Fsp3) is 0.822. The third kappa shape index (κ3) is 22.8. The standard InChI is InChI=1S/C45H82N2/c1-3-5-7-9-11-13-15-17-19-20-22-24-26-28-30-32-37-41-46-42-43-47(44-38-34-33-35-39-44)45(46)40-36-31-29-27-25-23-21-18-16-14-12-10-8-6-4-2/h33-35,38-39,42-43,45H,3-32,36-37,40-41H2,1-2H3. The molecular weight excluding hydrogens is 569 g/mol. The second kappa shape index (κ2) is 31.8. The molecular formula is C45H82N2.